The van der Waals surface area contributed by atoms with Gasteiger partial charge in [0.25, 0.3) is 0 Å². The van der Waals surface area contributed by atoms with Crippen LogP contribution in [-0.2, 0) is 0 Å². The summed E-state index contributed by atoms with van der Waals surface area (Å²) in [5.41, 5.74) is 2.97. The van der Waals surface area contributed by atoms with Crippen molar-refractivity contribution in [2.75, 3.05) is 5.32 Å². The van der Waals surface area contributed by atoms with E-state index in [0.29, 0.717) is 0 Å². The summed E-state index contributed by atoms with van der Waals surface area (Å²) in [6, 6.07) is 28.4. The van der Waals surface area contributed by atoms with Crippen molar-refractivity contribution in [3.05, 3.63) is 84.9 Å². The van der Waals surface area contributed by atoms with E-state index in [2.05, 4.69) is 39.8 Å². The van der Waals surface area contributed by atoms with E-state index in [-0.39, 0.29) is 0 Å². The number of nitrogens with zero attached hydrogens (tertiary/aromatic N) is 2. The van der Waals surface area contributed by atoms with Gasteiger partial charge < -0.3 is 5.32 Å². The minimum Gasteiger partial charge on any atom is -0.338 e. The molecule has 0 spiro atoms. The minimum atomic E-state index is 0.770. The third kappa shape index (κ3) is 6.42. The molecule has 3 heteroatoms. The van der Waals surface area contributed by atoms with Crippen molar-refractivity contribution < 1.29 is 0 Å². The van der Waals surface area contributed by atoms with Crippen LogP contribution in [-0.4, -0.2) is 10.2 Å². The molecule has 1 aromatic heterocycles. The highest BCUT2D eigenvalue weighted by atomic mass is 15.2. The Bertz CT molecular complexity index is 936. The predicted molar refractivity (Wildman–Crippen MR) is 129 cm³/mol. The zero-order valence-electron chi connectivity index (χ0n) is 18.5. The molecule has 0 atom stereocenters. The van der Waals surface area contributed by atoms with E-state index >= 15 is 0 Å². The van der Waals surface area contributed by atoms with E-state index < -0.39 is 0 Å². The second kappa shape index (κ2) is 13.9. The van der Waals surface area contributed by atoms with E-state index in [1.807, 2.05) is 102 Å². The number of aromatic nitrogens is 2. The molecule has 0 radical (unpaired) electrons. The van der Waals surface area contributed by atoms with Crippen molar-refractivity contribution in [2.45, 2.75) is 41.5 Å². The van der Waals surface area contributed by atoms with Crippen LogP contribution in [0.5, 0.6) is 0 Å². The van der Waals surface area contributed by atoms with Crippen LogP contribution >= 0.6 is 0 Å². The molecule has 152 valence electrons. The molecule has 0 bridgehead atoms. The molecule has 29 heavy (non-hydrogen) atoms. The molecule has 1 N–H and O–H groups in total. The first-order valence-electron chi connectivity index (χ1n) is 10.5. The van der Waals surface area contributed by atoms with Crippen LogP contribution in [0.2, 0.25) is 0 Å². The Hall–Kier alpha value is -3.20. The molecule has 0 amide bonds. The van der Waals surface area contributed by atoms with Gasteiger partial charge >= 0.3 is 0 Å². The Kier molecular flexibility index (Phi) is 11.4. The van der Waals surface area contributed by atoms with Crippen molar-refractivity contribution in [1.29, 1.82) is 0 Å². The van der Waals surface area contributed by atoms with Crippen LogP contribution in [0.3, 0.4) is 0 Å². The van der Waals surface area contributed by atoms with E-state index in [0.717, 1.165) is 33.5 Å². The van der Waals surface area contributed by atoms with Crippen LogP contribution in [0.15, 0.2) is 84.9 Å². The summed E-state index contributed by atoms with van der Waals surface area (Å²) in [7, 11) is 0. The fourth-order valence-corrected chi connectivity index (χ4v) is 2.66. The predicted octanol–water partition coefficient (Wildman–Crippen LogP) is 8.12. The normalized spacial score (nSPS) is 9.03. The number of benzene rings is 3. The second-order valence-corrected chi connectivity index (χ2v) is 5.30. The zero-order chi connectivity index (χ0) is 21.5. The second-order valence-electron chi connectivity index (χ2n) is 5.30. The van der Waals surface area contributed by atoms with Gasteiger partial charge in [0.15, 0.2) is 5.82 Å². The van der Waals surface area contributed by atoms with E-state index in [4.69, 9.17) is 0 Å². The van der Waals surface area contributed by atoms with Crippen molar-refractivity contribution >= 4 is 22.3 Å². The highest BCUT2D eigenvalue weighted by molar-refractivity contribution is 6.00. The van der Waals surface area contributed by atoms with Crippen molar-refractivity contribution in [2.24, 2.45) is 0 Å². The molecule has 0 saturated heterocycles. The van der Waals surface area contributed by atoms with E-state index in [9.17, 15) is 0 Å². The molecule has 0 aliphatic rings. The number of nitrogens with one attached hydrogen (secondary N) is 1. The number of fused-ring (bicyclic) bond motifs is 1. The lowest BCUT2D eigenvalue weighted by atomic mass is 10.0. The first-order valence-corrected chi connectivity index (χ1v) is 10.5. The van der Waals surface area contributed by atoms with Gasteiger partial charge in [-0.3, -0.25) is 0 Å². The maximum Gasteiger partial charge on any atom is 0.161 e. The van der Waals surface area contributed by atoms with Gasteiger partial charge in [-0.05, 0) is 12.1 Å². The van der Waals surface area contributed by atoms with Gasteiger partial charge in [-0.15, -0.1) is 10.2 Å². The maximum absolute atomic E-state index is 4.46. The average Bonchev–Trinajstić information content (AvgIpc) is 2.84. The number of rotatable bonds is 3. The topological polar surface area (TPSA) is 37.8 Å². The number of hydrogen-bond donors (Lipinski definition) is 1. The maximum atomic E-state index is 4.46. The number of para-hydroxylation sites is 1. The lowest BCUT2D eigenvalue weighted by Crippen LogP contribution is -1.99. The van der Waals surface area contributed by atoms with E-state index in [1.165, 1.54) is 0 Å². The highest BCUT2D eigenvalue weighted by Gasteiger charge is 2.10. The fraction of sp³-hybridized carbons (Fsp3) is 0.231. The van der Waals surface area contributed by atoms with Crippen LogP contribution < -0.4 is 5.32 Å². The van der Waals surface area contributed by atoms with Crippen LogP contribution in [0.4, 0.5) is 11.5 Å². The quantitative estimate of drug-likeness (QED) is 0.385. The Morgan fingerprint density at radius 2 is 1.00 bits per heavy atom. The Labute approximate surface area is 175 Å². The standard InChI is InChI=1S/C20H15N3.3C2H6/c1-3-9-15(10-4-1)19-17-13-7-8-14-18(17)20(23-22-19)21-16-11-5-2-6-12-16;3*1-2/h1-14H,(H,21,23);3*1-2H3. The molecule has 1 heterocycles. The van der Waals surface area contributed by atoms with Crippen LogP contribution in [0, 0.1) is 0 Å². The van der Waals surface area contributed by atoms with Crippen LogP contribution in [0.25, 0.3) is 22.0 Å². The largest absolute Gasteiger partial charge is 0.338 e. The SMILES string of the molecule is CC.CC.CC.c1ccc(Nc2nnc(-c3ccccc3)c3ccccc23)cc1. The summed E-state index contributed by atoms with van der Waals surface area (Å²) >= 11 is 0. The van der Waals surface area contributed by atoms with Crippen molar-refractivity contribution in [3.8, 4) is 11.3 Å². The molecule has 4 rings (SSSR count). The number of anilines is 2. The molecule has 0 aliphatic heterocycles. The Balaban J connectivity index is 0.000000644. The van der Waals surface area contributed by atoms with Crippen molar-refractivity contribution in [3.63, 3.8) is 0 Å². The summed E-state index contributed by atoms with van der Waals surface area (Å²) in [6.07, 6.45) is 0. The molecule has 4 aromatic rings. The first kappa shape index (κ1) is 23.8. The fourth-order valence-electron chi connectivity index (χ4n) is 2.66. The lowest BCUT2D eigenvalue weighted by molar-refractivity contribution is 1.06. The first-order chi connectivity index (χ1) is 14.4. The Morgan fingerprint density at radius 1 is 0.517 bits per heavy atom. The van der Waals surface area contributed by atoms with Crippen molar-refractivity contribution in [1.82, 2.24) is 10.2 Å². The van der Waals surface area contributed by atoms with Gasteiger partial charge in [0, 0.05) is 22.0 Å². The molecular formula is C26H33N3. The summed E-state index contributed by atoms with van der Waals surface area (Å²) in [6.45, 7) is 12.0. The molecule has 3 nitrogen and oxygen atoms in total. The monoisotopic (exact) mass is 387 g/mol. The average molecular weight is 388 g/mol. The van der Waals surface area contributed by atoms with Gasteiger partial charge in [0.1, 0.15) is 5.69 Å². The van der Waals surface area contributed by atoms with Gasteiger partial charge in [-0.1, -0.05) is 114 Å². The smallest absolute Gasteiger partial charge is 0.161 e. The number of hydrogen-bond acceptors (Lipinski definition) is 3. The van der Waals surface area contributed by atoms with Gasteiger partial charge in [-0.2, -0.15) is 0 Å². The molecule has 0 unspecified atom stereocenters. The van der Waals surface area contributed by atoms with Crippen LogP contribution in [0.1, 0.15) is 41.5 Å². The molecular weight excluding hydrogens is 354 g/mol. The molecule has 0 fully saturated rings. The highest BCUT2D eigenvalue weighted by Crippen LogP contribution is 2.30. The molecule has 0 aliphatic carbocycles. The van der Waals surface area contributed by atoms with Gasteiger partial charge in [0.2, 0.25) is 0 Å². The summed E-state index contributed by atoms with van der Waals surface area (Å²) in [4.78, 5) is 0. The summed E-state index contributed by atoms with van der Waals surface area (Å²) < 4.78 is 0. The molecule has 0 saturated carbocycles. The third-order valence-electron chi connectivity index (χ3n) is 3.77. The summed E-state index contributed by atoms with van der Waals surface area (Å²) in [5.74, 6) is 0.770. The Morgan fingerprint density at radius 3 is 1.59 bits per heavy atom. The molecule has 3 aromatic carbocycles. The van der Waals surface area contributed by atoms with E-state index in [1.54, 1.807) is 0 Å². The minimum absolute atomic E-state index is 0.770. The lowest BCUT2D eigenvalue weighted by Gasteiger charge is -2.11. The van der Waals surface area contributed by atoms with Gasteiger partial charge in [-0.25, -0.2) is 0 Å². The third-order valence-corrected chi connectivity index (χ3v) is 3.77. The zero-order valence-corrected chi connectivity index (χ0v) is 18.5. The summed E-state index contributed by atoms with van der Waals surface area (Å²) in [5, 5.41) is 14.4. The van der Waals surface area contributed by atoms with Gasteiger partial charge in [0.05, 0.1) is 0 Å².